The van der Waals surface area contributed by atoms with Crippen molar-refractivity contribution in [2.45, 2.75) is 19.9 Å². The monoisotopic (exact) mass is 644 g/mol. The van der Waals surface area contributed by atoms with Crippen LogP contribution in [0.25, 0.3) is 6.08 Å². The zero-order chi connectivity index (χ0) is 31.3. The lowest BCUT2D eigenvalue weighted by Crippen LogP contribution is -2.43. The van der Waals surface area contributed by atoms with Crippen LogP contribution in [-0.4, -0.2) is 60.8 Å². The van der Waals surface area contributed by atoms with Gasteiger partial charge in [0.15, 0.2) is 22.9 Å². The van der Waals surface area contributed by atoms with E-state index >= 15 is 0 Å². The summed E-state index contributed by atoms with van der Waals surface area (Å²) in [7, 11) is 0. The van der Waals surface area contributed by atoms with Crippen molar-refractivity contribution >= 4 is 46.3 Å². The molecule has 0 bridgehead atoms. The summed E-state index contributed by atoms with van der Waals surface area (Å²) in [6.45, 7) is 6.08. The zero-order valence-electron chi connectivity index (χ0n) is 24.9. The van der Waals surface area contributed by atoms with Gasteiger partial charge in [0, 0.05) is 23.7 Å². The number of para-hydroxylation sites is 1. The molecule has 10 nitrogen and oxygen atoms in total. The van der Waals surface area contributed by atoms with Gasteiger partial charge in [-0.25, -0.2) is 4.99 Å². The van der Waals surface area contributed by atoms with Gasteiger partial charge < -0.3 is 24.4 Å². The first-order chi connectivity index (χ1) is 21.9. The third-order valence-corrected chi connectivity index (χ3v) is 9.30. The molecule has 232 valence electrons. The summed E-state index contributed by atoms with van der Waals surface area (Å²) in [6.07, 6.45) is 1.78. The normalized spacial score (nSPS) is 16.6. The molecule has 4 aromatic rings. The van der Waals surface area contributed by atoms with Crippen LogP contribution in [0.1, 0.15) is 30.3 Å². The standard InChI is InChI=1S/C33H32N4O6S2/c1-3-42-25-18-22(11-12-24(25)43-20-28(38)36-13-15-41-16-14-36)19-27-32(40)37-30(26-10-7-17-44-26)29(21(2)34-33(37)45-27)31(39)35-23-8-5-4-6-9-23/h4-12,17-19,30H,3,13-16,20H2,1-2H3,(H,35,39)/b27-19+/t30-/m1/s1. The zero-order valence-corrected chi connectivity index (χ0v) is 26.5. The van der Waals surface area contributed by atoms with Crippen molar-refractivity contribution in [2.24, 2.45) is 4.99 Å². The van der Waals surface area contributed by atoms with Crippen molar-refractivity contribution in [3.63, 3.8) is 0 Å². The van der Waals surface area contributed by atoms with E-state index in [1.165, 1.54) is 22.7 Å². The van der Waals surface area contributed by atoms with Crippen molar-refractivity contribution in [1.29, 1.82) is 0 Å². The molecule has 0 aliphatic carbocycles. The van der Waals surface area contributed by atoms with Gasteiger partial charge in [-0.2, -0.15) is 0 Å². The van der Waals surface area contributed by atoms with Crippen LogP contribution in [0.4, 0.5) is 5.69 Å². The number of ether oxygens (including phenoxy) is 3. The third-order valence-electron chi connectivity index (χ3n) is 7.39. The molecule has 4 heterocycles. The average molecular weight is 645 g/mol. The molecule has 12 heteroatoms. The van der Waals surface area contributed by atoms with Gasteiger partial charge >= 0.3 is 0 Å². The van der Waals surface area contributed by atoms with Crippen LogP contribution < -0.4 is 29.7 Å². The van der Waals surface area contributed by atoms with Crippen LogP contribution in [0.15, 0.2) is 87.1 Å². The molecule has 1 N–H and O–H groups in total. The number of hydrogen-bond acceptors (Lipinski definition) is 9. The second-order valence-electron chi connectivity index (χ2n) is 10.3. The molecule has 2 amide bonds. The number of benzene rings is 2. The number of thiazole rings is 1. The number of anilines is 1. The van der Waals surface area contributed by atoms with Crippen molar-refractivity contribution in [3.8, 4) is 11.5 Å². The lowest BCUT2D eigenvalue weighted by molar-refractivity contribution is -0.137. The minimum Gasteiger partial charge on any atom is -0.490 e. The van der Waals surface area contributed by atoms with Gasteiger partial charge in [-0.15, -0.1) is 11.3 Å². The Morgan fingerprint density at radius 1 is 1.07 bits per heavy atom. The number of thiophene rings is 1. The number of nitrogens with one attached hydrogen (secondary N) is 1. The largest absolute Gasteiger partial charge is 0.490 e. The van der Waals surface area contributed by atoms with E-state index in [2.05, 4.69) is 5.32 Å². The smallest absolute Gasteiger partial charge is 0.271 e. The topological polar surface area (TPSA) is 111 Å². The minimum atomic E-state index is -0.620. The highest BCUT2D eigenvalue weighted by atomic mass is 32.1. The van der Waals surface area contributed by atoms with E-state index in [1.807, 2.05) is 60.8 Å². The number of carbonyl (C=O) groups is 2. The second kappa shape index (κ2) is 13.6. The van der Waals surface area contributed by atoms with Crippen molar-refractivity contribution in [1.82, 2.24) is 9.47 Å². The second-order valence-corrected chi connectivity index (χ2v) is 12.3. The predicted molar refractivity (Wildman–Crippen MR) is 174 cm³/mol. The molecule has 2 aromatic heterocycles. The van der Waals surface area contributed by atoms with Gasteiger partial charge in [-0.05, 0) is 61.2 Å². The number of nitrogens with zero attached hydrogens (tertiary/aromatic N) is 3. The fourth-order valence-corrected chi connectivity index (χ4v) is 7.11. The highest BCUT2D eigenvalue weighted by molar-refractivity contribution is 7.10. The van der Waals surface area contributed by atoms with Gasteiger partial charge in [0.1, 0.15) is 6.04 Å². The van der Waals surface area contributed by atoms with Crippen LogP contribution >= 0.6 is 22.7 Å². The van der Waals surface area contributed by atoms with Gasteiger partial charge in [-0.3, -0.25) is 19.0 Å². The van der Waals surface area contributed by atoms with Crippen LogP contribution in [0.5, 0.6) is 11.5 Å². The lowest BCUT2D eigenvalue weighted by atomic mass is 10.0. The Labute approximate surface area is 267 Å². The van der Waals surface area contributed by atoms with Crippen LogP contribution in [0, 0.1) is 0 Å². The number of morpholine rings is 1. The van der Waals surface area contributed by atoms with Gasteiger partial charge in [-0.1, -0.05) is 41.7 Å². The van der Waals surface area contributed by atoms with Gasteiger partial charge in [0.05, 0.1) is 35.6 Å². The van der Waals surface area contributed by atoms with Crippen LogP contribution in [0.3, 0.4) is 0 Å². The Balaban J connectivity index is 1.32. The fraction of sp³-hybridized carbons (Fsp3) is 0.273. The van der Waals surface area contributed by atoms with E-state index < -0.39 is 6.04 Å². The number of carbonyl (C=O) groups excluding carboxylic acids is 2. The summed E-state index contributed by atoms with van der Waals surface area (Å²) >= 11 is 2.75. The molecule has 2 aromatic carbocycles. The SMILES string of the molecule is CCOc1cc(/C=c2/sc3n(c2=O)[C@H](c2cccs2)C(C(=O)Nc2ccccc2)=C(C)N=3)ccc1OCC(=O)N1CCOCC1. The van der Waals surface area contributed by atoms with E-state index in [4.69, 9.17) is 19.2 Å². The first-order valence-electron chi connectivity index (χ1n) is 14.6. The molecule has 0 saturated carbocycles. The lowest BCUT2D eigenvalue weighted by Gasteiger charge is -2.26. The first kappa shape index (κ1) is 30.5. The quantitative estimate of drug-likeness (QED) is 0.298. The maximum atomic E-state index is 14.0. The molecular formula is C33H32N4O6S2. The molecule has 1 fully saturated rings. The Morgan fingerprint density at radius 3 is 2.60 bits per heavy atom. The Bertz CT molecular complexity index is 1910. The summed E-state index contributed by atoms with van der Waals surface area (Å²) in [4.78, 5) is 48.0. The Morgan fingerprint density at radius 2 is 1.87 bits per heavy atom. The average Bonchev–Trinajstić information content (AvgIpc) is 3.69. The molecule has 0 radical (unpaired) electrons. The van der Waals surface area contributed by atoms with Crippen molar-refractivity contribution < 1.29 is 23.8 Å². The minimum absolute atomic E-state index is 0.111. The molecule has 0 spiro atoms. The maximum absolute atomic E-state index is 14.0. The van der Waals surface area contributed by atoms with E-state index in [1.54, 1.807) is 34.6 Å². The van der Waals surface area contributed by atoms with Crippen molar-refractivity contribution in [3.05, 3.63) is 107 Å². The molecule has 0 unspecified atom stereocenters. The maximum Gasteiger partial charge on any atom is 0.271 e. The number of fused-ring (bicyclic) bond motifs is 1. The molecule has 6 rings (SSSR count). The van der Waals surface area contributed by atoms with Crippen LogP contribution in [-0.2, 0) is 14.3 Å². The number of rotatable bonds is 9. The van der Waals surface area contributed by atoms with Crippen LogP contribution in [0.2, 0.25) is 0 Å². The van der Waals surface area contributed by atoms with E-state index in [9.17, 15) is 14.4 Å². The number of allylic oxidation sites excluding steroid dienone is 1. The fourth-order valence-electron chi connectivity index (χ4n) is 5.24. The highest BCUT2D eigenvalue weighted by Gasteiger charge is 2.33. The number of hydrogen-bond donors (Lipinski definition) is 1. The number of aromatic nitrogens is 1. The summed E-state index contributed by atoms with van der Waals surface area (Å²) in [5, 5.41) is 4.89. The Kier molecular flexibility index (Phi) is 9.24. The molecule has 45 heavy (non-hydrogen) atoms. The molecular weight excluding hydrogens is 613 g/mol. The first-order valence-corrected chi connectivity index (χ1v) is 16.3. The van der Waals surface area contributed by atoms with E-state index in [0.29, 0.717) is 70.7 Å². The third kappa shape index (κ3) is 6.63. The summed E-state index contributed by atoms with van der Waals surface area (Å²) in [5.74, 6) is 0.498. The summed E-state index contributed by atoms with van der Waals surface area (Å²) < 4.78 is 19.1. The molecule has 1 saturated heterocycles. The summed E-state index contributed by atoms with van der Waals surface area (Å²) in [6, 6.07) is 17.8. The predicted octanol–water partition coefficient (Wildman–Crippen LogP) is 3.57. The number of amides is 2. The van der Waals surface area contributed by atoms with Gasteiger partial charge in [0.25, 0.3) is 17.4 Å². The molecule has 1 atom stereocenters. The molecule has 2 aliphatic heterocycles. The van der Waals surface area contributed by atoms with Crippen molar-refractivity contribution in [2.75, 3.05) is 44.8 Å². The summed E-state index contributed by atoms with van der Waals surface area (Å²) in [5.41, 5.74) is 2.12. The highest BCUT2D eigenvalue weighted by Crippen LogP contribution is 2.33. The Hall–Kier alpha value is -4.52. The van der Waals surface area contributed by atoms with E-state index in [0.717, 1.165) is 10.4 Å². The van der Waals surface area contributed by atoms with Gasteiger partial charge in [0.2, 0.25) is 0 Å². The molecule has 2 aliphatic rings. The van der Waals surface area contributed by atoms with E-state index in [-0.39, 0.29) is 24.0 Å².